The summed E-state index contributed by atoms with van der Waals surface area (Å²) in [6.45, 7) is 1.94. The highest BCUT2D eigenvalue weighted by atomic mass is 32.2. The van der Waals surface area contributed by atoms with Crippen molar-refractivity contribution < 1.29 is 0 Å². The fourth-order valence-electron chi connectivity index (χ4n) is 1.47. The fraction of sp³-hybridized carbons (Fsp3) is 0.400. The first kappa shape index (κ1) is 10.5. The van der Waals surface area contributed by atoms with E-state index in [1.807, 2.05) is 17.7 Å². The third kappa shape index (κ3) is 2.10. The van der Waals surface area contributed by atoms with Crippen LogP contribution in [0, 0.1) is 6.92 Å². The largest absolute Gasteiger partial charge is 0.398 e. The number of nitrogen functional groups attached to an aromatic ring is 1. The number of anilines is 1. The third-order valence-corrected chi connectivity index (χ3v) is 3.55. The van der Waals surface area contributed by atoms with Crippen LogP contribution in [0.2, 0.25) is 0 Å². The van der Waals surface area contributed by atoms with E-state index in [4.69, 9.17) is 5.73 Å². The highest BCUT2D eigenvalue weighted by Gasteiger charge is 2.28. The molecule has 0 aliphatic heterocycles. The van der Waals surface area contributed by atoms with Crippen molar-refractivity contribution in [3.8, 4) is 0 Å². The maximum absolute atomic E-state index is 5.85. The van der Waals surface area contributed by atoms with E-state index in [2.05, 4.69) is 20.5 Å². The van der Waals surface area contributed by atoms with Crippen molar-refractivity contribution >= 4 is 17.4 Å². The molecule has 0 spiro atoms. The van der Waals surface area contributed by atoms with E-state index >= 15 is 0 Å². The van der Waals surface area contributed by atoms with Crippen LogP contribution in [0.1, 0.15) is 24.4 Å². The number of aromatic nitrogens is 5. The molecule has 2 heterocycles. The van der Waals surface area contributed by atoms with Crippen molar-refractivity contribution in [3.63, 3.8) is 0 Å². The van der Waals surface area contributed by atoms with Crippen LogP contribution in [0.15, 0.2) is 22.4 Å². The van der Waals surface area contributed by atoms with Gasteiger partial charge in [0.2, 0.25) is 5.16 Å². The van der Waals surface area contributed by atoms with Gasteiger partial charge in [-0.2, -0.15) is 0 Å². The quantitative estimate of drug-likeness (QED) is 0.885. The second kappa shape index (κ2) is 3.99. The Morgan fingerprint density at radius 1 is 1.47 bits per heavy atom. The first-order valence-corrected chi connectivity index (χ1v) is 6.23. The van der Waals surface area contributed by atoms with Gasteiger partial charge >= 0.3 is 0 Å². The Bertz CT molecular complexity index is 547. The fourth-order valence-corrected chi connectivity index (χ4v) is 2.30. The molecule has 2 aromatic rings. The minimum atomic E-state index is 0.468. The first-order valence-electron chi connectivity index (χ1n) is 5.42. The summed E-state index contributed by atoms with van der Waals surface area (Å²) in [5, 5.41) is 13.3. The zero-order valence-corrected chi connectivity index (χ0v) is 10.2. The van der Waals surface area contributed by atoms with Gasteiger partial charge in [-0.1, -0.05) is 0 Å². The Labute approximate surface area is 103 Å². The summed E-state index contributed by atoms with van der Waals surface area (Å²) in [5.41, 5.74) is 7.57. The smallest absolute Gasteiger partial charge is 0.215 e. The number of rotatable bonds is 3. The van der Waals surface area contributed by atoms with Gasteiger partial charge in [-0.05, 0) is 53.6 Å². The van der Waals surface area contributed by atoms with E-state index in [1.165, 1.54) is 11.8 Å². The van der Waals surface area contributed by atoms with Crippen molar-refractivity contribution in [1.82, 2.24) is 25.2 Å². The summed E-state index contributed by atoms with van der Waals surface area (Å²) in [6, 6.07) is 2.32. The van der Waals surface area contributed by atoms with Crippen molar-refractivity contribution in [3.05, 3.63) is 17.8 Å². The van der Waals surface area contributed by atoms with E-state index in [0.29, 0.717) is 6.04 Å². The van der Waals surface area contributed by atoms with Gasteiger partial charge in [-0.25, -0.2) is 9.67 Å². The van der Waals surface area contributed by atoms with Crippen molar-refractivity contribution in [2.45, 2.75) is 36.0 Å². The zero-order valence-electron chi connectivity index (χ0n) is 9.37. The minimum absolute atomic E-state index is 0.468. The lowest BCUT2D eigenvalue weighted by Gasteiger charge is -2.03. The molecule has 3 rings (SSSR count). The summed E-state index contributed by atoms with van der Waals surface area (Å²) >= 11 is 1.45. The predicted molar refractivity (Wildman–Crippen MR) is 63.6 cm³/mol. The molecule has 0 radical (unpaired) electrons. The lowest BCUT2D eigenvalue weighted by molar-refractivity contribution is 0.565. The molecule has 88 valence electrons. The van der Waals surface area contributed by atoms with Crippen LogP contribution in [-0.2, 0) is 0 Å². The Kier molecular flexibility index (Phi) is 2.47. The summed E-state index contributed by atoms with van der Waals surface area (Å²) in [4.78, 5) is 4.31. The number of hydrogen-bond donors (Lipinski definition) is 1. The number of nitrogens with zero attached hydrogens (tertiary/aromatic N) is 5. The average molecular weight is 248 g/mol. The molecule has 0 aromatic carbocycles. The van der Waals surface area contributed by atoms with E-state index in [-0.39, 0.29) is 0 Å². The molecular weight excluding hydrogens is 236 g/mol. The zero-order chi connectivity index (χ0) is 11.8. The lowest BCUT2D eigenvalue weighted by atomic mass is 10.3. The Balaban J connectivity index is 1.85. The molecule has 17 heavy (non-hydrogen) atoms. The molecule has 0 atom stereocenters. The molecule has 7 heteroatoms. The second-order valence-corrected chi connectivity index (χ2v) is 5.11. The number of tetrazole rings is 1. The summed E-state index contributed by atoms with van der Waals surface area (Å²) in [5.74, 6) is 0. The highest BCUT2D eigenvalue weighted by molar-refractivity contribution is 7.99. The monoisotopic (exact) mass is 248 g/mol. The lowest BCUT2D eigenvalue weighted by Crippen LogP contribution is -1.99. The maximum atomic E-state index is 5.85. The van der Waals surface area contributed by atoms with Gasteiger partial charge in [0.25, 0.3) is 0 Å². The Morgan fingerprint density at radius 3 is 3.00 bits per heavy atom. The second-order valence-electron chi connectivity index (χ2n) is 4.12. The van der Waals surface area contributed by atoms with Gasteiger partial charge < -0.3 is 5.73 Å². The molecule has 2 N–H and O–H groups in total. The van der Waals surface area contributed by atoms with Crippen LogP contribution in [0.5, 0.6) is 0 Å². The van der Waals surface area contributed by atoms with Gasteiger partial charge in [0.15, 0.2) is 0 Å². The van der Waals surface area contributed by atoms with Crippen LogP contribution in [0.4, 0.5) is 5.69 Å². The molecule has 0 saturated heterocycles. The Morgan fingerprint density at radius 2 is 2.29 bits per heavy atom. The minimum Gasteiger partial charge on any atom is -0.398 e. The van der Waals surface area contributed by atoms with Crippen LogP contribution in [0.3, 0.4) is 0 Å². The highest BCUT2D eigenvalue weighted by Crippen LogP contribution is 2.37. The van der Waals surface area contributed by atoms with Gasteiger partial charge in [0, 0.05) is 11.9 Å². The molecule has 1 aliphatic carbocycles. The molecule has 0 amide bonds. The number of pyridine rings is 1. The molecule has 6 nitrogen and oxygen atoms in total. The average Bonchev–Trinajstić information content (AvgIpc) is 3.05. The van der Waals surface area contributed by atoms with E-state index in [0.717, 1.165) is 34.3 Å². The maximum Gasteiger partial charge on any atom is 0.215 e. The topological polar surface area (TPSA) is 82.5 Å². The Hall–Kier alpha value is -1.63. The molecule has 0 unspecified atom stereocenters. The third-order valence-electron chi connectivity index (χ3n) is 2.67. The van der Waals surface area contributed by atoms with E-state index in [1.54, 1.807) is 6.20 Å². The van der Waals surface area contributed by atoms with E-state index < -0.39 is 0 Å². The number of aryl methyl sites for hydroxylation is 1. The van der Waals surface area contributed by atoms with Gasteiger partial charge in [0.05, 0.1) is 6.04 Å². The summed E-state index contributed by atoms with van der Waals surface area (Å²) < 4.78 is 1.86. The van der Waals surface area contributed by atoms with Crippen molar-refractivity contribution in [1.29, 1.82) is 0 Å². The molecule has 0 bridgehead atoms. The van der Waals surface area contributed by atoms with Gasteiger partial charge in [0.1, 0.15) is 5.03 Å². The molecule has 1 saturated carbocycles. The SMILES string of the molecule is Cc1cnc(Sc2nnnn2C2CC2)cc1N. The molecule has 1 aliphatic rings. The predicted octanol–water partition coefficient (Wildman–Crippen LogP) is 1.44. The van der Waals surface area contributed by atoms with Crippen LogP contribution < -0.4 is 5.73 Å². The van der Waals surface area contributed by atoms with Crippen LogP contribution in [-0.4, -0.2) is 25.2 Å². The number of nitrogens with two attached hydrogens (primary N) is 1. The normalized spacial score (nSPS) is 15.1. The summed E-state index contributed by atoms with van der Waals surface area (Å²) in [6.07, 6.45) is 4.08. The first-order chi connectivity index (χ1) is 8.24. The van der Waals surface area contributed by atoms with Crippen LogP contribution >= 0.6 is 11.8 Å². The van der Waals surface area contributed by atoms with Gasteiger partial charge in [-0.3, -0.25) is 0 Å². The van der Waals surface area contributed by atoms with Gasteiger partial charge in [-0.15, -0.1) is 5.10 Å². The van der Waals surface area contributed by atoms with Crippen molar-refractivity contribution in [2.24, 2.45) is 0 Å². The summed E-state index contributed by atoms with van der Waals surface area (Å²) in [7, 11) is 0. The van der Waals surface area contributed by atoms with Crippen molar-refractivity contribution in [2.75, 3.05) is 5.73 Å². The van der Waals surface area contributed by atoms with Crippen LogP contribution in [0.25, 0.3) is 0 Å². The number of hydrogen-bond acceptors (Lipinski definition) is 6. The molecular formula is C10H12N6S. The molecule has 1 fully saturated rings. The molecule has 2 aromatic heterocycles. The van der Waals surface area contributed by atoms with E-state index in [9.17, 15) is 0 Å². The standard InChI is InChI=1S/C10H12N6S/c1-6-5-12-9(4-8(6)11)17-10-13-14-15-16(10)7-2-3-7/h4-5,7H,2-3H2,1H3,(H2,11,12).